The van der Waals surface area contributed by atoms with Crippen molar-refractivity contribution in [2.45, 2.75) is 116 Å². The Morgan fingerprint density at radius 1 is 0.862 bits per heavy atom. The number of nitrogens with zero attached hydrogens (tertiary/aromatic N) is 1. The van der Waals surface area contributed by atoms with E-state index in [1.807, 2.05) is 0 Å². The fourth-order valence-electron chi connectivity index (χ4n) is 4.89. The normalized spacial score (nSPS) is 21.7. The lowest BCUT2D eigenvalue weighted by atomic mass is 10.0. The van der Waals surface area contributed by atoms with Gasteiger partial charge in [-0.25, -0.2) is 4.79 Å². The van der Waals surface area contributed by atoms with E-state index in [2.05, 4.69) is 12.2 Å². The first-order valence-electron chi connectivity index (χ1n) is 12.6. The van der Waals surface area contributed by atoms with Crippen LogP contribution in [0.15, 0.2) is 0 Å². The van der Waals surface area contributed by atoms with Crippen molar-refractivity contribution in [1.82, 2.24) is 5.32 Å². The molecule has 0 aromatic heterocycles. The monoisotopic (exact) mass is 413 g/mol. The molecule has 0 radical (unpaired) electrons. The molecule has 0 saturated carbocycles. The van der Waals surface area contributed by atoms with Crippen molar-refractivity contribution in [2.24, 2.45) is 0 Å². The van der Waals surface area contributed by atoms with Gasteiger partial charge in [-0.2, -0.15) is 0 Å². The van der Waals surface area contributed by atoms with E-state index in [0.29, 0.717) is 11.0 Å². The van der Waals surface area contributed by atoms with Crippen LogP contribution in [0.1, 0.15) is 110 Å². The van der Waals surface area contributed by atoms with E-state index in [1.165, 1.54) is 89.9 Å². The lowest BCUT2D eigenvalue weighted by Crippen LogP contribution is -2.58. The van der Waals surface area contributed by atoms with Crippen LogP contribution in [-0.2, 0) is 4.79 Å². The maximum Gasteiger partial charge on any atom is 0.359 e. The van der Waals surface area contributed by atoms with Crippen molar-refractivity contribution in [3.05, 3.63) is 0 Å². The van der Waals surface area contributed by atoms with Crippen LogP contribution in [0.2, 0.25) is 0 Å². The van der Waals surface area contributed by atoms with Crippen molar-refractivity contribution in [3.8, 4) is 0 Å². The van der Waals surface area contributed by atoms with Gasteiger partial charge in [-0.1, -0.05) is 96.8 Å². The van der Waals surface area contributed by atoms with Crippen LogP contribution in [0.5, 0.6) is 0 Å². The lowest BCUT2D eigenvalue weighted by molar-refractivity contribution is -0.934. The standard InChI is InChI=1S/C24H48N2O3/c1-2-3-4-5-6-7-8-9-10-11-12-13-14-15-16-17-23-25-18-19-26(23,20-21-27)22-24(28)29/h23,25,27H,2-22H2,1H3/p+1. The van der Waals surface area contributed by atoms with E-state index in [-0.39, 0.29) is 19.3 Å². The maximum atomic E-state index is 11.3. The number of carboxylic acid groups (broad SMARTS) is 1. The molecule has 5 nitrogen and oxygen atoms in total. The fraction of sp³-hybridized carbons (Fsp3) is 0.958. The Balaban J connectivity index is 1.96. The second-order valence-electron chi connectivity index (χ2n) is 9.15. The Labute approximate surface area is 179 Å². The Hall–Kier alpha value is -0.650. The molecule has 0 aromatic carbocycles. The maximum absolute atomic E-state index is 11.3. The van der Waals surface area contributed by atoms with Crippen molar-refractivity contribution in [3.63, 3.8) is 0 Å². The summed E-state index contributed by atoms with van der Waals surface area (Å²) in [6.45, 7) is 4.68. The first-order chi connectivity index (χ1) is 14.1. The van der Waals surface area contributed by atoms with Gasteiger partial charge in [0.15, 0.2) is 6.54 Å². The van der Waals surface area contributed by atoms with Gasteiger partial charge in [0.05, 0.1) is 19.7 Å². The SMILES string of the molecule is CCCCCCCCCCCCCCCCCC1NCC[N+]1(CCO)CC(=O)O. The van der Waals surface area contributed by atoms with Gasteiger partial charge in [0.2, 0.25) is 0 Å². The Morgan fingerprint density at radius 2 is 1.34 bits per heavy atom. The lowest BCUT2D eigenvalue weighted by Gasteiger charge is -2.37. The van der Waals surface area contributed by atoms with E-state index in [1.54, 1.807) is 0 Å². The summed E-state index contributed by atoms with van der Waals surface area (Å²) < 4.78 is 0.504. The average Bonchev–Trinajstić information content (AvgIpc) is 3.06. The molecule has 5 heteroatoms. The summed E-state index contributed by atoms with van der Waals surface area (Å²) in [7, 11) is 0. The highest BCUT2D eigenvalue weighted by atomic mass is 16.4. The quantitative estimate of drug-likeness (QED) is 0.192. The predicted molar refractivity (Wildman–Crippen MR) is 121 cm³/mol. The Bertz CT molecular complexity index is 406. The van der Waals surface area contributed by atoms with Crippen molar-refractivity contribution in [2.75, 3.05) is 32.8 Å². The van der Waals surface area contributed by atoms with Crippen LogP contribution in [0.25, 0.3) is 0 Å². The molecule has 1 saturated heterocycles. The fourth-order valence-corrected chi connectivity index (χ4v) is 4.89. The third-order valence-electron chi connectivity index (χ3n) is 6.67. The van der Waals surface area contributed by atoms with Crippen molar-refractivity contribution < 1.29 is 19.5 Å². The van der Waals surface area contributed by atoms with Gasteiger partial charge in [0, 0.05) is 6.42 Å². The minimum absolute atomic E-state index is 0.0598. The highest BCUT2D eigenvalue weighted by Crippen LogP contribution is 2.22. The van der Waals surface area contributed by atoms with E-state index in [9.17, 15) is 15.0 Å². The molecule has 1 aliphatic heterocycles. The van der Waals surface area contributed by atoms with Gasteiger partial charge < -0.3 is 10.2 Å². The van der Waals surface area contributed by atoms with E-state index in [4.69, 9.17) is 0 Å². The molecule has 2 atom stereocenters. The molecular formula is C24H49N2O3+. The molecular weight excluding hydrogens is 364 g/mol. The number of unbranched alkanes of at least 4 members (excludes halogenated alkanes) is 14. The third kappa shape index (κ3) is 12.0. The number of carbonyl (C=O) groups is 1. The molecule has 1 heterocycles. The molecule has 3 N–H and O–H groups in total. The molecule has 29 heavy (non-hydrogen) atoms. The molecule has 1 fully saturated rings. The molecule has 0 amide bonds. The van der Waals surface area contributed by atoms with E-state index < -0.39 is 5.97 Å². The van der Waals surface area contributed by atoms with Crippen LogP contribution >= 0.6 is 0 Å². The highest BCUT2D eigenvalue weighted by molar-refractivity contribution is 5.68. The minimum atomic E-state index is -0.761. The molecule has 2 unspecified atom stereocenters. The number of carboxylic acids is 1. The molecule has 172 valence electrons. The summed E-state index contributed by atoms with van der Waals surface area (Å²) in [5.41, 5.74) is 0. The molecule has 1 rings (SSSR count). The van der Waals surface area contributed by atoms with Crippen molar-refractivity contribution in [1.29, 1.82) is 0 Å². The van der Waals surface area contributed by atoms with Crippen LogP contribution in [-0.4, -0.2) is 59.6 Å². The number of aliphatic carboxylic acids is 1. The van der Waals surface area contributed by atoms with Gasteiger partial charge in [-0.3, -0.25) is 9.80 Å². The van der Waals surface area contributed by atoms with Gasteiger partial charge >= 0.3 is 5.97 Å². The van der Waals surface area contributed by atoms with Crippen LogP contribution in [0.3, 0.4) is 0 Å². The van der Waals surface area contributed by atoms with Gasteiger partial charge in [0.25, 0.3) is 0 Å². The van der Waals surface area contributed by atoms with Gasteiger partial charge in [-0.05, 0) is 6.42 Å². The second-order valence-corrected chi connectivity index (χ2v) is 9.15. The summed E-state index contributed by atoms with van der Waals surface area (Å²) in [5.74, 6) is -0.761. The van der Waals surface area contributed by atoms with Crippen molar-refractivity contribution >= 4 is 5.97 Å². The van der Waals surface area contributed by atoms with Gasteiger partial charge in [0.1, 0.15) is 12.7 Å². The number of hydrogen-bond donors (Lipinski definition) is 3. The first-order valence-corrected chi connectivity index (χ1v) is 12.6. The molecule has 0 spiro atoms. The summed E-state index contributed by atoms with van der Waals surface area (Å²) >= 11 is 0. The number of aliphatic hydroxyl groups excluding tert-OH is 1. The Morgan fingerprint density at radius 3 is 1.79 bits per heavy atom. The van der Waals surface area contributed by atoms with E-state index in [0.717, 1.165) is 25.9 Å². The largest absolute Gasteiger partial charge is 0.477 e. The third-order valence-corrected chi connectivity index (χ3v) is 6.67. The number of rotatable bonds is 20. The smallest absolute Gasteiger partial charge is 0.359 e. The number of quaternary nitrogens is 1. The van der Waals surface area contributed by atoms with Crippen LogP contribution in [0.4, 0.5) is 0 Å². The summed E-state index contributed by atoms with van der Waals surface area (Å²) in [6.07, 6.45) is 21.7. The zero-order valence-electron chi connectivity index (χ0n) is 19.2. The summed E-state index contributed by atoms with van der Waals surface area (Å²) in [5, 5.41) is 22.1. The van der Waals surface area contributed by atoms with Gasteiger partial charge in [-0.15, -0.1) is 0 Å². The zero-order chi connectivity index (χ0) is 21.2. The summed E-state index contributed by atoms with van der Waals surface area (Å²) in [6, 6.07) is 0. The zero-order valence-corrected chi connectivity index (χ0v) is 19.2. The second kappa shape index (κ2) is 17.1. The number of nitrogens with one attached hydrogen (secondary N) is 1. The van der Waals surface area contributed by atoms with Crippen LogP contribution < -0.4 is 5.32 Å². The topological polar surface area (TPSA) is 69.6 Å². The molecule has 0 aliphatic carbocycles. The number of hydrogen-bond acceptors (Lipinski definition) is 3. The molecule has 0 bridgehead atoms. The minimum Gasteiger partial charge on any atom is -0.477 e. The average molecular weight is 414 g/mol. The molecule has 1 aliphatic rings. The number of aliphatic hydroxyl groups is 1. The van der Waals surface area contributed by atoms with Crippen LogP contribution in [0, 0.1) is 0 Å². The first kappa shape index (κ1) is 26.4. The summed E-state index contributed by atoms with van der Waals surface area (Å²) in [4.78, 5) is 11.3. The Kier molecular flexibility index (Phi) is 15.5. The predicted octanol–water partition coefficient (Wildman–Crippen LogP) is 5.07. The highest BCUT2D eigenvalue weighted by Gasteiger charge is 2.42. The molecule has 0 aromatic rings. The van der Waals surface area contributed by atoms with E-state index >= 15 is 0 Å².